The van der Waals surface area contributed by atoms with Crippen molar-refractivity contribution >= 4 is 11.8 Å². The number of hydrogen-bond acceptors (Lipinski definition) is 3. The number of hydrogen-bond donors (Lipinski definition) is 1. The maximum atomic E-state index is 10.7. The predicted octanol–water partition coefficient (Wildman–Crippen LogP) is 1.26. The van der Waals surface area contributed by atoms with Crippen LogP contribution in [0.2, 0.25) is 0 Å². The molecule has 4 nitrogen and oxygen atoms in total. The fourth-order valence-corrected chi connectivity index (χ4v) is 0.888. The Labute approximate surface area is 79.4 Å². The molecule has 0 saturated heterocycles. The minimum atomic E-state index is -0.158. The third-order valence-corrected chi connectivity index (χ3v) is 1.92. The number of ether oxygens (including phenoxy) is 1. The van der Waals surface area contributed by atoms with Gasteiger partial charge in [0.1, 0.15) is 0 Å². The van der Waals surface area contributed by atoms with Crippen LogP contribution in [0.25, 0.3) is 0 Å². The lowest BCUT2D eigenvalue weighted by molar-refractivity contribution is -0.140. The summed E-state index contributed by atoms with van der Waals surface area (Å²) in [5.41, 5.74) is 0. The minimum absolute atomic E-state index is 0.158. The number of nitrogens with zero attached hydrogens (tertiary/aromatic N) is 1. The molecule has 0 unspecified atom stereocenters. The third-order valence-electron chi connectivity index (χ3n) is 1.92. The summed E-state index contributed by atoms with van der Waals surface area (Å²) < 4.78 is 4.51. The van der Waals surface area contributed by atoms with Gasteiger partial charge in [0, 0.05) is 20.0 Å². The van der Waals surface area contributed by atoms with Gasteiger partial charge in [-0.15, -0.1) is 0 Å². The lowest BCUT2D eigenvalue weighted by Crippen LogP contribution is -2.24. The molecule has 0 bridgehead atoms. The molecule has 0 atom stereocenters. The van der Waals surface area contributed by atoms with Crippen molar-refractivity contribution in [3.63, 3.8) is 0 Å². The molecule has 13 heavy (non-hydrogen) atoms. The van der Waals surface area contributed by atoms with Gasteiger partial charge in [-0.3, -0.25) is 10.2 Å². The van der Waals surface area contributed by atoms with Crippen molar-refractivity contribution in [1.82, 2.24) is 4.90 Å². The van der Waals surface area contributed by atoms with E-state index in [2.05, 4.69) is 4.74 Å². The van der Waals surface area contributed by atoms with E-state index >= 15 is 0 Å². The second kappa shape index (κ2) is 6.46. The van der Waals surface area contributed by atoms with E-state index in [0.29, 0.717) is 12.3 Å². The number of carbonyl (C=O) groups excluding carboxylic acids is 1. The highest BCUT2D eigenvalue weighted by atomic mass is 16.5. The van der Waals surface area contributed by atoms with Crippen LogP contribution in [0, 0.1) is 5.41 Å². The molecule has 0 spiro atoms. The molecule has 76 valence electrons. The van der Waals surface area contributed by atoms with Crippen molar-refractivity contribution in [2.24, 2.45) is 0 Å². The van der Waals surface area contributed by atoms with Crippen LogP contribution in [0.15, 0.2) is 0 Å². The van der Waals surface area contributed by atoms with E-state index in [1.54, 1.807) is 6.92 Å². The van der Waals surface area contributed by atoms with Gasteiger partial charge < -0.3 is 9.64 Å². The Hall–Kier alpha value is -1.06. The molecule has 0 aliphatic heterocycles. The van der Waals surface area contributed by atoms with Crippen LogP contribution in [0.1, 0.15) is 26.2 Å². The molecule has 0 aliphatic rings. The first-order valence-corrected chi connectivity index (χ1v) is 4.41. The molecule has 0 fully saturated rings. The number of unbranched alkanes of at least 4 members (excludes halogenated alkanes) is 1. The zero-order valence-electron chi connectivity index (χ0n) is 8.59. The van der Waals surface area contributed by atoms with Gasteiger partial charge in [-0.1, -0.05) is 0 Å². The Kier molecular flexibility index (Phi) is 5.93. The second-order valence-corrected chi connectivity index (χ2v) is 3.04. The molecular formula is C9H18N2O2. The minimum Gasteiger partial charge on any atom is -0.469 e. The van der Waals surface area contributed by atoms with Crippen molar-refractivity contribution in [2.75, 3.05) is 20.7 Å². The van der Waals surface area contributed by atoms with Gasteiger partial charge in [0.2, 0.25) is 0 Å². The highest BCUT2D eigenvalue weighted by molar-refractivity contribution is 5.75. The quantitative estimate of drug-likeness (QED) is 0.304. The van der Waals surface area contributed by atoms with Crippen LogP contribution in [0.4, 0.5) is 0 Å². The van der Waals surface area contributed by atoms with Gasteiger partial charge in [-0.2, -0.15) is 0 Å². The van der Waals surface area contributed by atoms with Gasteiger partial charge in [0.05, 0.1) is 12.9 Å². The smallest absolute Gasteiger partial charge is 0.305 e. The molecule has 0 aromatic carbocycles. The maximum Gasteiger partial charge on any atom is 0.305 e. The second-order valence-electron chi connectivity index (χ2n) is 3.04. The lowest BCUT2D eigenvalue weighted by atomic mass is 10.2. The highest BCUT2D eigenvalue weighted by Crippen LogP contribution is 1.98. The molecule has 0 rings (SSSR count). The molecule has 0 saturated carbocycles. The average Bonchev–Trinajstić information content (AvgIpc) is 2.11. The molecule has 0 amide bonds. The summed E-state index contributed by atoms with van der Waals surface area (Å²) in [6, 6.07) is 0. The van der Waals surface area contributed by atoms with Crippen LogP contribution >= 0.6 is 0 Å². The van der Waals surface area contributed by atoms with Gasteiger partial charge in [0.25, 0.3) is 0 Å². The molecule has 0 aromatic rings. The summed E-state index contributed by atoms with van der Waals surface area (Å²) in [5.74, 6) is 0.396. The van der Waals surface area contributed by atoms with Crippen molar-refractivity contribution in [1.29, 1.82) is 5.41 Å². The molecule has 0 aromatic heterocycles. The summed E-state index contributed by atoms with van der Waals surface area (Å²) in [5, 5.41) is 7.29. The van der Waals surface area contributed by atoms with E-state index in [0.717, 1.165) is 19.4 Å². The summed E-state index contributed by atoms with van der Waals surface area (Å²) >= 11 is 0. The SMILES string of the molecule is COC(=O)CCCCN(C)C(C)=N. The number of amidine groups is 1. The first-order valence-electron chi connectivity index (χ1n) is 4.41. The van der Waals surface area contributed by atoms with E-state index in [9.17, 15) is 4.79 Å². The van der Waals surface area contributed by atoms with Crippen molar-refractivity contribution in [3.05, 3.63) is 0 Å². The van der Waals surface area contributed by atoms with Crippen molar-refractivity contribution in [3.8, 4) is 0 Å². The normalized spacial score (nSPS) is 9.46. The average molecular weight is 186 g/mol. The monoisotopic (exact) mass is 186 g/mol. The van der Waals surface area contributed by atoms with Gasteiger partial charge in [0.15, 0.2) is 0 Å². The Bertz CT molecular complexity index is 180. The zero-order valence-corrected chi connectivity index (χ0v) is 8.59. The Morgan fingerprint density at radius 3 is 2.54 bits per heavy atom. The number of carbonyl (C=O) groups is 1. The summed E-state index contributed by atoms with van der Waals surface area (Å²) in [4.78, 5) is 12.6. The largest absolute Gasteiger partial charge is 0.469 e. The first-order chi connectivity index (χ1) is 6.07. The standard InChI is InChI=1S/C9H18N2O2/c1-8(10)11(2)7-5-4-6-9(12)13-3/h10H,4-7H2,1-3H3. The van der Waals surface area contributed by atoms with Crippen LogP contribution < -0.4 is 0 Å². The third kappa shape index (κ3) is 6.13. The number of methoxy groups -OCH3 is 1. The van der Waals surface area contributed by atoms with E-state index in [4.69, 9.17) is 5.41 Å². The summed E-state index contributed by atoms with van der Waals surface area (Å²) in [6.07, 6.45) is 2.22. The molecule has 0 heterocycles. The fourth-order valence-electron chi connectivity index (χ4n) is 0.888. The van der Waals surface area contributed by atoms with Gasteiger partial charge in [-0.25, -0.2) is 0 Å². The first kappa shape index (κ1) is 11.9. The summed E-state index contributed by atoms with van der Waals surface area (Å²) in [6.45, 7) is 2.58. The molecular weight excluding hydrogens is 168 g/mol. The molecule has 0 aliphatic carbocycles. The number of nitrogens with one attached hydrogen (secondary N) is 1. The van der Waals surface area contributed by atoms with Crippen LogP contribution in [-0.2, 0) is 9.53 Å². The van der Waals surface area contributed by atoms with Crippen molar-refractivity contribution < 1.29 is 9.53 Å². The zero-order chi connectivity index (χ0) is 10.3. The Morgan fingerprint density at radius 2 is 2.08 bits per heavy atom. The predicted molar refractivity (Wildman–Crippen MR) is 51.9 cm³/mol. The molecule has 1 N–H and O–H groups in total. The topological polar surface area (TPSA) is 53.4 Å². The van der Waals surface area contributed by atoms with E-state index < -0.39 is 0 Å². The highest BCUT2D eigenvalue weighted by Gasteiger charge is 2.01. The molecule has 4 heteroatoms. The number of esters is 1. The van der Waals surface area contributed by atoms with Gasteiger partial charge in [-0.05, 0) is 19.8 Å². The van der Waals surface area contributed by atoms with E-state index in [1.807, 2.05) is 11.9 Å². The fraction of sp³-hybridized carbons (Fsp3) is 0.778. The van der Waals surface area contributed by atoms with Crippen molar-refractivity contribution in [2.45, 2.75) is 26.2 Å². The maximum absolute atomic E-state index is 10.7. The van der Waals surface area contributed by atoms with E-state index in [-0.39, 0.29) is 5.97 Å². The summed E-state index contributed by atoms with van der Waals surface area (Å²) in [7, 11) is 3.27. The molecule has 0 radical (unpaired) electrons. The van der Waals surface area contributed by atoms with Gasteiger partial charge >= 0.3 is 5.97 Å². The van der Waals surface area contributed by atoms with E-state index in [1.165, 1.54) is 7.11 Å². The Morgan fingerprint density at radius 1 is 1.46 bits per heavy atom. The van der Waals surface area contributed by atoms with Crippen LogP contribution in [-0.4, -0.2) is 37.4 Å². The van der Waals surface area contributed by atoms with Crippen LogP contribution in [0.3, 0.4) is 0 Å². The van der Waals surface area contributed by atoms with Crippen LogP contribution in [0.5, 0.6) is 0 Å². The Balaban J connectivity index is 3.35. The lowest BCUT2D eigenvalue weighted by Gasteiger charge is -2.16. The number of rotatable bonds is 5.